The van der Waals surface area contributed by atoms with Gasteiger partial charge in [-0.3, -0.25) is 0 Å². The van der Waals surface area contributed by atoms with Crippen molar-refractivity contribution in [2.45, 2.75) is 12.8 Å². The van der Waals surface area contributed by atoms with E-state index in [0.717, 1.165) is 12.8 Å². The van der Waals surface area contributed by atoms with Crippen molar-refractivity contribution in [1.82, 2.24) is 0 Å². The second-order valence-corrected chi connectivity index (χ2v) is 4.51. The second-order valence-electron chi connectivity index (χ2n) is 0.779. The third-order valence-electron chi connectivity index (χ3n) is 0.250. The third-order valence-corrected chi connectivity index (χ3v) is 0.250. The van der Waals surface area contributed by atoms with Gasteiger partial charge in [-0.15, -0.1) is 0 Å². The van der Waals surface area contributed by atoms with Gasteiger partial charge in [0.2, 0.25) is 0 Å². The van der Waals surface area contributed by atoms with Gasteiger partial charge in [0, 0.05) is 0 Å². The van der Waals surface area contributed by atoms with Crippen LogP contribution in [0.1, 0.15) is 12.8 Å². The molecule has 0 nitrogen and oxygen atoms in total. The molecule has 0 aromatic carbocycles. The Balaban J connectivity index is 0. The molecular weight excluding hydrogens is 210 g/mol. The van der Waals surface area contributed by atoms with Gasteiger partial charge in [-0.05, 0) is 0 Å². The normalized spacial score (nSPS) is 5.71. The van der Waals surface area contributed by atoms with Crippen molar-refractivity contribution in [3.05, 3.63) is 13.8 Å². The predicted molar refractivity (Wildman–Crippen MR) is 31.7 cm³/mol. The van der Waals surface area contributed by atoms with E-state index in [9.17, 15) is 0 Å². The van der Waals surface area contributed by atoms with Crippen LogP contribution in [0.3, 0.4) is 0 Å². The summed E-state index contributed by atoms with van der Waals surface area (Å²) >= 11 is -0.826. The molecule has 0 fully saturated rings. The van der Waals surface area contributed by atoms with Crippen LogP contribution >= 0.6 is 17.0 Å². The number of hydrogen-bond acceptors (Lipinski definition) is 0. The summed E-state index contributed by atoms with van der Waals surface area (Å²) in [6.45, 7) is 7.08. The summed E-state index contributed by atoms with van der Waals surface area (Å²) in [5.41, 5.74) is 0. The van der Waals surface area contributed by atoms with Gasteiger partial charge in [0.05, 0.1) is 0 Å². The number of halogens is 2. The molecule has 0 aliphatic rings. The molecule has 0 aromatic rings. The molecule has 7 heavy (non-hydrogen) atoms. The van der Waals surface area contributed by atoms with E-state index < -0.39 is 20.8 Å². The Labute approximate surface area is 64.2 Å². The van der Waals surface area contributed by atoms with Gasteiger partial charge in [0.25, 0.3) is 0 Å². The van der Waals surface area contributed by atoms with E-state index in [4.69, 9.17) is 17.0 Å². The molecule has 0 saturated carbocycles. The second kappa shape index (κ2) is 15.7. The molecule has 42 valence electrons. The fraction of sp³-hybridized carbons (Fsp3) is 0.500. The molecule has 0 atom stereocenters. The molecule has 0 aliphatic carbocycles. The van der Waals surface area contributed by atoms with Crippen molar-refractivity contribution in [2.75, 3.05) is 0 Å². The van der Waals surface area contributed by atoms with E-state index in [2.05, 4.69) is 13.8 Å². The Morgan fingerprint density at radius 3 is 1.29 bits per heavy atom. The first-order chi connectivity index (χ1) is 3.33. The maximum absolute atomic E-state index is 4.93. The summed E-state index contributed by atoms with van der Waals surface area (Å²) in [6.07, 6.45) is 1.92. The molecule has 0 aliphatic heterocycles. The van der Waals surface area contributed by atoms with E-state index in [1.54, 1.807) is 0 Å². The van der Waals surface area contributed by atoms with E-state index in [1.165, 1.54) is 0 Å². The molecule has 0 bridgehead atoms. The summed E-state index contributed by atoms with van der Waals surface area (Å²) in [5, 5.41) is 0. The molecule has 0 heterocycles. The summed E-state index contributed by atoms with van der Waals surface area (Å²) in [4.78, 5) is 0. The van der Waals surface area contributed by atoms with Gasteiger partial charge in [-0.1, -0.05) is 0 Å². The van der Waals surface area contributed by atoms with Crippen LogP contribution in [0.25, 0.3) is 0 Å². The fourth-order valence-corrected chi connectivity index (χ4v) is 0. The Morgan fingerprint density at radius 1 is 1.14 bits per heavy atom. The molecular formula is C4H8Cl2Zr. The zero-order chi connectivity index (χ0) is 6.12. The van der Waals surface area contributed by atoms with Crippen LogP contribution in [0.4, 0.5) is 0 Å². The Morgan fingerprint density at radius 2 is 1.29 bits per heavy atom. The number of hydrogen-bond donors (Lipinski definition) is 0. The van der Waals surface area contributed by atoms with Gasteiger partial charge in [-0.2, -0.15) is 0 Å². The molecule has 0 amide bonds. The molecule has 0 spiro atoms. The summed E-state index contributed by atoms with van der Waals surface area (Å²) in [5.74, 6) is 0. The van der Waals surface area contributed by atoms with E-state index >= 15 is 0 Å². The molecule has 0 unspecified atom stereocenters. The zero-order valence-corrected chi connectivity index (χ0v) is 8.05. The average molecular weight is 218 g/mol. The van der Waals surface area contributed by atoms with Crippen molar-refractivity contribution >= 4 is 17.0 Å². The molecule has 3 heteroatoms. The van der Waals surface area contributed by atoms with Crippen molar-refractivity contribution in [3.63, 3.8) is 0 Å². The summed E-state index contributed by atoms with van der Waals surface area (Å²) in [7, 11) is 9.87. The minimum absolute atomic E-state index is 0.826. The third kappa shape index (κ3) is 36.7. The monoisotopic (exact) mass is 216 g/mol. The van der Waals surface area contributed by atoms with Crippen molar-refractivity contribution in [1.29, 1.82) is 0 Å². The van der Waals surface area contributed by atoms with Crippen molar-refractivity contribution in [2.24, 2.45) is 0 Å². The van der Waals surface area contributed by atoms with E-state index in [-0.39, 0.29) is 0 Å². The van der Waals surface area contributed by atoms with Crippen LogP contribution in [0.2, 0.25) is 0 Å². The van der Waals surface area contributed by atoms with E-state index in [0.29, 0.717) is 0 Å². The number of unbranched alkanes of at least 4 members (excludes halogenated alkanes) is 1. The average Bonchev–Trinajstić information content (AvgIpc) is 1.69. The van der Waals surface area contributed by atoms with Crippen LogP contribution < -0.4 is 0 Å². The van der Waals surface area contributed by atoms with Crippen LogP contribution in [0, 0.1) is 13.8 Å². The van der Waals surface area contributed by atoms with Gasteiger partial charge in [-0.25, -0.2) is 12.8 Å². The first-order valence-corrected chi connectivity index (χ1v) is 8.21. The van der Waals surface area contributed by atoms with Crippen LogP contribution in [-0.4, -0.2) is 0 Å². The van der Waals surface area contributed by atoms with E-state index in [1.807, 2.05) is 0 Å². The Bertz CT molecular complexity index is 17.2. The molecule has 0 saturated heterocycles. The van der Waals surface area contributed by atoms with Gasteiger partial charge in [0.1, 0.15) is 0 Å². The van der Waals surface area contributed by atoms with Gasteiger partial charge < -0.3 is 13.8 Å². The van der Waals surface area contributed by atoms with Crippen LogP contribution in [-0.2, 0) is 20.8 Å². The maximum atomic E-state index is 4.93. The number of rotatable bonds is 1. The van der Waals surface area contributed by atoms with Crippen molar-refractivity contribution in [3.8, 4) is 0 Å². The topological polar surface area (TPSA) is 0 Å². The standard InChI is InChI=1S/C4H8.2ClH.Zr/c1-3-4-2;;;/h1-4H2;2*1H;/q-2;;;+4/p-2. The fourth-order valence-electron chi connectivity index (χ4n) is 0. The van der Waals surface area contributed by atoms with Crippen LogP contribution in [0.15, 0.2) is 0 Å². The van der Waals surface area contributed by atoms with Crippen molar-refractivity contribution < 1.29 is 20.8 Å². The molecule has 0 N–H and O–H groups in total. The van der Waals surface area contributed by atoms with Gasteiger partial charge >= 0.3 is 37.9 Å². The predicted octanol–water partition coefficient (Wildman–Crippen LogP) is 2.81. The SMILES string of the molecule is [CH2-]CC[CH2-].[Cl][Zr+2][Cl]. The summed E-state index contributed by atoms with van der Waals surface area (Å²) < 4.78 is 0. The van der Waals surface area contributed by atoms with Crippen LogP contribution in [0.5, 0.6) is 0 Å². The first-order valence-electron chi connectivity index (χ1n) is 1.88. The zero-order valence-electron chi connectivity index (χ0n) is 4.08. The molecule has 0 aromatic heterocycles. The Kier molecular flexibility index (Phi) is 25.2. The quantitative estimate of drug-likeness (QED) is 0.594. The molecule has 0 radical (unpaired) electrons. The first kappa shape index (κ1) is 11.3. The Hall–Kier alpha value is 1.46. The molecule has 0 rings (SSSR count). The minimum atomic E-state index is -0.826. The summed E-state index contributed by atoms with van der Waals surface area (Å²) in [6, 6.07) is 0. The van der Waals surface area contributed by atoms with Gasteiger partial charge in [0.15, 0.2) is 0 Å².